The smallest absolute Gasteiger partial charge is 0.160 e. The van der Waals surface area contributed by atoms with E-state index in [2.05, 4.69) is 141 Å². The molecule has 1 spiro atoms. The van der Waals surface area contributed by atoms with Gasteiger partial charge in [-0.25, -0.2) is 9.97 Å². The molecule has 3 heteroatoms. The maximum absolute atomic E-state index is 5.28. The molecule has 0 unspecified atom stereocenters. The molecule has 1 saturated carbocycles. The van der Waals surface area contributed by atoms with Crippen molar-refractivity contribution < 1.29 is 0 Å². The molecular formula is C49H38N2S. The second-order valence-electron chi connectivity index (χ2n) is 15.6. The Morgan fingerprint density at radius 3 is 2.06 bits per heavy atom. The number of thiophene rings is 1. The van der Waals surface area contributed by atoms with Crippen LogP contribution >= 0.6 is 11.3 Å². The summed E-state index contributed by atoms with van der Waals surface area (Å²) >= 11 is 1.79. The number of fused-ring (bicyclic) bond motifs is 11. The molecule has 2 aromatic heterocycles. The van der Waals surface area contributed by atoms with Gasteiger partial charge < -0.3 is 0 Å². The molecule has 0 aliphatic heterocycles. The summed E-state index contributed by atoms with van der Waals surface area (Å²) in [6.45, 7) is 4.80. The largest absolute Gasteiger partial charge is 0.226 e. The first kappa shape index (κ1) is 30.3. The van der Waals surface area contributed by atoms with E-state index in [0.717, 1.165) is 32.9 Å². The van der Waals surface area contributed by atoms with Crippen molar-refractivity contribution in [1.29, 1.82) is 0 Å². The highest BCUT2D eigenvalue weighted by atomic mass is 32.1. The molecule has 250 valence electrons. The lowest BCUT2D eigenvalue weighted by Gasteiger charge is -2.36. The van der Waals surface area contributed by atoms with Gasteiger partial charge in [0.1, 0.15) is 0 Å². The van der Waals surface area contributed by atoms with Crippen molar-refractivity contribution in [2.75, 3.05) is 0 Å². The third kappa shape index (κ3) is 4.23. The van der Waals surface area contributed by atoms with Gasteiger partial charge in [0.25, 0.3) is 0 Å². The molecule has 11 rings (SSSR count). The zero-order valence-electron chi connectivity index (χ0n) is 29.5. The van der Waals surface area contributed by atoms with Crippen LogP contribution in [0, 0.1) is 0 Å². The van der Waals surface area contributed by atoms with E-state index < -0.39 is 0 Å². The fraction of sp³-hybridized carbons (Fsp3) is 0.184. The van der Waals surface area contributed by atoms with Gasteiger partial charge in [0.05, 0.1) is 15.9 Å². The third-order valence-electron chi connectivity index (χ3n) is 12.5. The van der Waals surface area contributed by atoms with Crippen molar-refractivity contribution in [3.05, 3.63) is 156 Å². The average Bonchev–Trinajstić information content (AvgIpc) is 3.78. The van der Waals surface area contributed by atoms with E-state index in [0.29, 0.717) is 0 Å². The van der Waals surface area contributed by atoms with Crippen molar-refractivity contribution in [3.8, 4) is 56.0 Å². The van der Waals surface area contributed by atoms with Gasteiger partial charge in [-0.05, 0) is 98.8 Å². The van der Waals surface area contributed by atoms with Crippen molar-refractivity contribution in [1.82, 2.24) is 9.97 Å². The highest BCUT2D eigenvalue weighted by molar-refractivity contribution is 7.26. The molecule has 2 heterocycles. The first-order valence-corrected chi connectivity index (χ1v) is 19.6. The fourth-order valence-corrected chi connectivity index (χ4v) is 11.1. The molecule has 0 radical (unpaired) electrons. The number of hydrogen-bond donors (Lipinski definition) is 0. The molecule has 0 atom stereocenters. The van der Waals surface area contributed by atoms with Gasteiger partial charge in [0, 0.05) is 32.0 Å². The molecule has 52 heavy (non-hydrogen) atoms. The van der Waals surface area contributed by atoms with E-state index in [9.17, 15) is 0 Å². The molecule has 0 bridgehead atoms. The van der Waals surface area contributed by atoms with Crippen LogP contribution in [0.1, 0.15) is 68.2 Å². The Bertz CT molecular complexity index is 2750. The van der Waals surface area contributed by atoms with Crippen LogP contribution in [-0.4, -0.2) is 9.97 Å². The van der Waals surface area contributed by atoms with Gasteiger partial charge in [0.15, 0.2) is 5.82 Å². The summed E-state index contributed by atoms with van der Waals surface area (Å²) in [6, 6.07) is 49.7. The molecule has 3 aliphatic carbocycles. The molecule has 8 aromatic rings. The molecule has 0 saturated heterocycles. The van der Waals surface area contributed by atoms with Gasteiger partial charge in [-0.3, -0.25) is 0 Å². The highest BCUT2D eigenvalue weighted by Gasteiger charge is 2.46. The van der Waals surface area contributed by atoms with E-state index in [-0.39, 0.29) is 10.8 Å². The number of benzene rings is 6. The second kappa shape index (κ2) is 11.1. The van der Waals surface area contributed by atoms with Gasteiger partial charge >= 0.3 is 0 Å². The normalized spacial score (nSPS) is 16.2. The first-order valence-electron chi connectivity index (χ1n) is 18.8. The van der Waals surface area contributed by atoms with Crippen LogP contribution in [0.5, 0.6) is 0 Å². The number of rotatable bonds is 3. The quantitative estimate of drug-likeness (QED) is 0.185. The van der Waals surface area contributed by atoms with Crippen molar-refractivity contribution in [2.24, 2.45) is 0 Å². The summed E-state index contributed by atoms with van der Waals surface area (Å²) in [5, 5.41) is 1.19. The topological polar surface area (TPSA) is 25.8 Å². The Morgan fingerprint density at radius 2 is 1.17 bits per heavy atom. The van der Waals surface area contributed by atoms with Gasteiger partial charge in [-0.2, -0.15) is 0 Å². The third-order valence-corrected chi connectivity index (χ3v) is 13.7. The molecule has 3 aliphatic rings. The van der Waals surface area contributed by atoms with Crippen LogP contribution in [0.25, 0.3) is 76.3 Å². The minimum absolute atomic E-state index is 0.00891. The predicted molar refractivity (Wildman–Crippen MR) is 218 cm³/mol. The number of nitrogens with zero attached hydrogens (tertiary/aromatic N) is 2. The first-order chi connectivity index (χ1) is 25.5. The van der Waals surface area contributed by atoms with Crippen LogP contribution in [0.4, 0.5) is 0 Å². The highest BCUT2D eigenvalue weighted by Crippen LogP contribution is 2.60. The molecule has 6 aromatic carbocycles. The van der Waals surface area contributed by atoms with Crippen LogP contribution in [0.2, 0.25) is 0 Å². The summed E-state index contributed by atoms with van der Waals surface area (Å²) < 4.78 is 2.38. The molecular weight excluding hydrogens is 649 g/mol. The lowest BCUT2D eigenvalue weighted by atomic mass is 9.67. The Kier molecular flexibility index (Phi) is 6.44. The summed E-state index contributed by atoms with van der Waals surface area (Å²) in [5.74, 6) is 0.768. The van der Waals surface area contributed by atoms with Gasteiger partial charge in [-0.15, -0.1) is 11.3 Å². The average molecular weight is 687 g/mol. The maximum Gasteiger partial charge on any atom is 0.160 e. The predicted octanol–water partition coefficient (Wildman–Crippen LogP) is 13.4. The van der Waals surface area contributed by atoms with Crippen molar-refractivity contribution in [2.45, 2.75) is 56.8 Å². The van der Waals surface area contributed by atoms with E-state index in [1.807, 2.05) is 6.07 Å². The van der Waals surface area contributed by atoms with Crippen molar-refractivity contribution >= 4 is 31.6 Å². The molecule has 2 nitrogen and oxygen atoms in total. The van der Waals surface area contributed by atoms with Gasteiger partial charge in [0.2, 0.25) is 0 Å². The Morgan fingerprint density at radius 1 is 0.500 bits per heavy atom. The molecule has 0 N–H and O–H groups in total. The lowest BCUT2D eigenvalue weighted by Crippen LogP contribution is -2.28. The van der Waals surface area contributed by atoms with Crippen LogP contribution < -0.4 is 0 Å². The van der Waals surface area contributed by atoms with E-state index in [1.54, 1.807) is 16.9 Å². The van der Waals surface area contributed by atoms with Crippen molar-refractivity contribution in [3.63, 3.8) is 0 Å². The van der Waals surface area contributed by atoms with E-state index in [4.69, 9.17) is 9.97 Å². The SMILES string of the molecule is CC1(C)c2ccccc2-c2cc3c(cc21)-c1ccc(-c2cccc(-c4nc(-c5ccccc5)nc5c4sc4ccccc45)c2)cc1C31CCCCC1. The standard InChI is InChI=1S/C49H38N2S/c1-48(2)39-20-9-7-18-34(39)37-29-42-38(28-40(37)48)35-23-22-32(27-41(35)49(42)24-11-4-12-25-49)31-16-13-17-33(26-31)44-46-45(36-19-8-10-21-43(36)52-46)51-47(50-44)30-14-5-3-6-15-30/h3,5-10,13-23,26-29H,4,11-12,24-25H2,1-2H3. The molecule has 0 amide bonds. The molecule has 1 fully saturated rings. The van der Waals surface area contributed by atoms with Crippen LogP contribution in [0.15, 0.2) is 133 Å². The summed E-state index contributed by atoms with van der Waals surface area (Å²) in [7, 11) is 0. The number of aromatic nitrogens is 2. The lowest BCUT2D eigenvalue weighted by molar-refractivity contribution is 0.353. The summed E-state index contributed by atoms with van der Waals surface area (Å²) in [6.07, 6.45) is 6.31. The van der Waals surface area contributed by atoms with E-state index >= 15 is 0 Å². The Balaban J connectivity index is 1.07. The minimum atomic E-state index is -0.00891. The zero-order chi connectivity index (χ0) is 34.6. The fourth-order valence-electron chi connectivity index (χ4n) is 9.91. The Labute approximate surface area is 308 Å². The zero-order valence-corrected chi connectivity index (χ0v) is 30.4. The summed E-state index contributed by atoms with van der Waals surface area (Å²) in [5.41, 5.74) is 18.5. The van der Waals surface area contributed by atoms with Crippen LogP contribution in [-0.2, 0) is 10.8 Å². The second-order valence-corrected chi connectivity index (χ2v) is 16.7. The summed E-state index contributed by atoms with van der Waals surface area (Å²) in [4.78, 5) is 10.4. The Hall–Kier alpha value is -5.38. The monoisotopic (exact) mass is 686 g/mol. The minimum Gasteiger partial charge on any atom is -0.226 e. The van der Waals surface area contributed by atoms with E-state index in [1.165, 1.54) is 92.3 Å². The maximum atomic E-state index is 5.28. The number of hydrogen-bond acceptors (Lipinski definition) is 3. The van der Waals surface area contributed by atoms with Gasteiger partial charge in [-0.1, -0.05) is 136 Å². The van der Waals surface area contributed by atoms with Crippen LogP contribution in [0.3, 0.4) is 0 Å².